The fourth-order valence-electron chi connectivity index (χ4n) is 1.55. The van der Waals surface area contributed by atoms with Gasteiger partial charge in [0.25, 0.3) is 10.2 Å². The van der Waals surface area contributed by atoms with E-state index in [1.807, 2.05) is 0 Å². The van der Waals surface area contributed by atoms with Crippen LogP contribution in [0.15, 0.2) is 0 Å². The maximum atomic E-state index is 11.7. The van der Waals surface area contributed by atoms with Gasteiger partial charge in [0.2, 0.25) is 0 Å². The molecule has 0 aromatic carbocycles. The Morgan fingerprint density at radius 2 is 1.86 bits per heavy atom. The van der Waals surface area contributed by atoms with E-state index < -0.39 is 10.2 Å². The molecular weight excluding hydrogens is 204 g/mol. The molecule has 1 aliphatic heterocycles. The van der Waals surface area contributed by atoms with Gasteiger partial charge in [-0.2, -0.15) is 17.0 Å². The minimum absolute atomic E-state index is 0.163. The van der Waals surface area contributed by atoms with Crippen molar-refractivity contribution in [3.05, 3.63) is 0 Å². The van der Waals surface area contributed by atoms with Crippen LogP contribution in [0.2, 0.25) is 0 Å². The monoisotopic (exact) mass is 222 g/mol. The van der Waals surface area contributed by atoms with Crippen LogP contribution in [0.4, 0.5) is 0 Å². The highest BCUT2D eigenvalue weighted by Crippen LogP contribution is 2.19. The summed E-state index contributed by atoms with van der Waals surface area (Å²) in [5.74, 6) is 0.267. The van der Waals surface area contributed by atoms with Crippen LogP contribution in [0.25, 0.3) is 0 Å². The molecule has 84 valence electrons. The number of aliphatic hydroxyl groups excluding tert-OH is 1. The topological polar surface area (TPSA) is 60.9 Å². The zero-order chi connectivity index (χ0) is 10.8. The average molecular weight is 222 g/mol. The maximum absolute atomic E-state index is 11.7. The Morgan fingerprint density at radius 1 is 1.36 bits per heavy atom. The van der Waals surface area contributed by atoms with E-state index >= 15 is 0 Å². The summed E-state index contributed by atoms with van der Waals surface area (Å²) >= 11 is 0. The van der Waals surface area contributed by atoms with Crippen LogP contribution in [-0.4, -0.2) is 55.9 Å². The SMILES string of the molecule is CN(C)S(=O)(=O)N1CCC(CO)CC1. The van der Waals surface area contributed by atoms with Gasteiger partial charge in [0.05, 0.1) is 0 Å². The Hall–Kier alpha value is -0.170. The molecule has 6 heteroatoms. The molecule has 1 heterocycles. The number of hydrogen-bond acceptors (Lipinski definition) is 3. The van der Waals surface area contributed by atoms with Crippen molar-refractivity contribution in [1.29, 1.82) is 0 Å². The number of rotatable bonds is 3. The molecule has 0 aromatic heterocycles. The van der Waals surface area contributed by atoms with Gasteiger partial charge in [0, 0.05) is 33.8 Å². The van der Waals surface area contributed by atoms with Crippen LogP contribution in [0.1, 0.15) is 12.8 Å². The third kappa shape index (κ3) is 2.44. The smallest absolute Gasteiger partial charge is 0.281 e. The minimum Gasteiger partial charge on any atom is -0.396 e. The summed E-state index contributed by atoms with van der Waals surface area (Å²) in [6.45, 7) is 1.20. The van der Waals surface area contributed by atoms with Crippen molar-refractivity contribution < 1.29 is 13.5 Å². The molecule has 0 saturated carbocycles. The standard InChI is InChI=1S/C8H18N2O3S/c1-9(2)14(12,13)10-5-3-8(7-11)4-6-10/h8,11H,3-7H2,1-2H3. The molecule has 1 rings (SSSR count). The number of hydrogen-bond donors (Lipinski definition) is 1. The van der Waals surface area contributed by atoms with Crippen LogP contribution in [-0.2, 0) is 10.2 Å². The zero-order valence-electron chi connectivity index (χ0n) is 8.68. The highest BCUT2D eigenvalue weighted by atomic mass is 32.2. The first-order chi connectivity index (χ1) is 6.48. The van der Waals surface area contributed by atoms with E-state index in [9.17, 15) is 8.42 Å². The van der Waals surface area contributed by atoms with E-state index in [4.69, 9.17) is 5.11 Å². The van der Waals surface area contributed by atoms with Gasteiger partial charge < -0.3 is 5.11 Å². The van der Waals surface area contributed by atoms with Crippen LogP contribution < -0.4 is 0 Å². The minimum atomic E-state index is -3.25. The molecule has 0 atom stereocenters. The fraction of sp³-hybridized carbons (Fsp3) is 1.00. The predicted molar refractivity (Wildman–Crippen MR) is 54.0 cm³/mol. The van der Waals surface area contributed by atoms with E-state index in [-0.39, 0.29) is 12.5 Å². The van der Waals surface area contributed by atoms with Gasteiger partial charge in [0.1, 0.15) is 0 Å². The molecule has 1 aliphatic rings. The Balaban J connectivity index is 2.58. The third-order valence-corrected chi connectivity index (χ3v) is 4.56. The summed E-state index contributed by atoms with van der Waals surface area (Å²) in [6.07, 6.45) is 1.51. The first kappa shape index (κ1) is 11.9. The van der Waals surface area contributed by atoms with Gasteiger partial charge in [-0.15, -0.1) is 0 Å². The lowest BCUT2D eigenvalue weighted by molar-refractivity contribution is 0.167. The van der Waals surface area contributed by atoms with Crippen molar-refractivity contribution in [3.63, 3.8) is 0 Å². The Kier molecular flexibility index (Phi) is 3.88. The molecule has 0 unspecified atom stereocenters. The number of piperidine rings is 1. The van der Waals surface area contributed by atoms with Crippen LogP contribution in [0.3, 0.4) is 0 Å². The van der Waals surface area contributed by atoms with E-state index in [1.54, 1.807) is 0 Å². The lowest BCUT2D eigenvalue weighted by Crippen LogP contribution is -2.44. The summed E-state index contributed by atoms with van der Waals surface area (Å²) in [5.41, 5.74) is 0. The first-order valence-corrected chi connectivity index (χ1v) is 6.16. The second-order valence-electron chi connectivity index (χ2n) is 3.82. The highest BCUT2D eigenvalue weighted by molar-refractivity contribution is 7.86. The molecule has 0 spiro atoms. The lowest BCUT2D eigenvalue weighted by Gasteiger charge is -2.31. The second kappa shape index (κ2) is 4.57. The Labute approximate surface area is 85.5 Å². The van der Waals surface area contributed by atoms with Gasteiger partial charge in [-0.3, -0.25) is 0 Å². The fourth-order valence-corrected chi connectivity index (χ4v) is 2.69. The van der Waals surface area contributed by atoms with Crippen molar-refractivity contribution in [1.82, 2.24) is 8.61 Å². The molecular formula is C8H18N2O3S. The molecule has 0 radical (unpaired) electrons. The van der Waals surface area contributed by atoms with Crippen molar-refractivity contribution in [3.8, 4) is 0 Å². The molecule has 1 saturated heterocycles. The van der Waals surface area contributed by atoms with E-state index in [2.05, 4.69) is 0 Å². The van der Waals surface area contributed by atoms with Crippen LogP contribution >= 0.6 is 0 Å². The molecule has 1 N–H and O–H groups in total. The second-order valence-corrected chi connectivity index (χ2v) is 5.96. The number of aliphatic hydroxyl groups is 1. The Morgan fingerprint density at radius 3 is 2.21 bits per heavy atom. The maximum Gasteiger partial charge on any atom is 0.281 e. The quantitative estimate of drug-likeness (QED) is 0.700. The van der Waals surface area contributed by atoms with Gasteiger partial charge in [-0.1, -0.05) is 0 Å². The van der Waals surface area contributed by atoms with E-state index in [0.29, 0.717) is 13.1 Å². The summed E-state index contributed by atoms with van der Waals surface area (Å²) in [6, 6.07) is 0. The van der Waals surface area contributed by atoms with Gasteiger partial charge in [0.15, 0.2) is 0 Å². The third-order valence-electron chi connectivity index (χ3n) is 2.62. The molecule has 0 aliphatic carbocycles. The van der Waals surface area contributed by atoms with Crippen LogP contribution in [0.5, 0.6) is 0 Å². The van der Waals surface area contributed by atoms with E-state index in [0.717, 1.165) is 12.8 Å². The van der Waals surface area contributed by atoms with Crippen molar-refractivity contribution in [2.24, 2.45) is 5.92 Å². The van der Waals surface area contributed by atoms with Gasteiger partial charge >= 0.3 is 0 Å². The lowest BCUT2D eigenvalue weighted by atomic mass is 10.00. The summed E-state index contributed by atoms with van der Waals surface area (Å²) < 4.78 is 26.0. The first-order valence-electron chi connectivity index (χ1n) is 4.77. The highest BCUT2D eigenvalue weighted by Gasteiger charge is 2.28. The number of nitrogens with zero attached hydrogens (tertiary/aromatic N) is 2. The Bertz CT molecular complexity index is 268. The van der Waals surface area contributed by atoms with Crippen molar-refractivity contribution in [2.45, 2.75) is 12.8 Å². The van der Waals surface area contributed by atoms with E-state index in [1.165, 1.54) is 22.7 Å². The van der Waals surface area contributed by atoms with Crippen LogP contribution in [0, 0.1) is 5.92 Å². The van der Waals surface area contributed by atoms with Crippen molar-refractivity contribution in [2.75, 3.05) is 33.8 Å². The summed E-state index contributed by atoms with van der Waals surface area (Å²) in [7, 11) is -0.176. The molecule has 14 heavy (non-hydrogen) atoms. The average Bonchev–Trinajstić information content (AvgIpc) is 2.17. The van der Waals surface area contributed by atoms with Gasteiger partial charge in [-0.25, -0.2) is 0 Å². The largest absolute Gasteiger partial charge is 0.396 e. The summed E-state index contributed by atoms with van der Waals surface area (Å²) in [4.78, 5) is 0. The molecule has 0 aromatic rings. The predicted octanol–water partition coefficient (Wildman–Crippen LogP) is -0.503. The normalized spacial score (nSPS) is 21.7. The molecule has 1 fully saturated rings. The van der Waals surface area contributed by atoms with Crippen molar-refractivity contribution >= 4 is 10.2 Å². The zero-order valence-corrected chi connectivity index (χ0v) is 9.50. The summed E-state index contributed by atoms with van der Waals surface area (Å²) in [5, 5.41) is 8.91. The van der Waals surface area contributed by atoms with Gasteiger partial charge in [-0.05, 0) is 18.8 Å². The molecule has 0 bridgehead atoms. The molecule has 0 amide bonds. The molecule has 5 nitrogen and oxygen atoms in total.